The van der Waals surface area contributed by atoms with Gasteiger partial charge in [0.1, 0.15) is 0 Å². The van der Waals surface area contributed by atoms with Gasteiger partial charge in [-0.15, -0.1) is 0 Å². The molecule has 0 fully saturated rings. The Balaban J connectivity index is -0.0000000225. The first-order valence-electron chi connectivity index (χ1n) is 0.458. The average Bonchev–Trinajstić information content (AvgIpc) is 1.81. The Kier molecular flexibility index (Phi) is 1160. The van der Waals surface area contributed by atoms with Gasteiger partial charge >= 0.3 is 38.6 Å². The van der Waals surface area contributed by atoms with Crippen LogP contribution in [0.15, 0.2) is 0 Å². The summed E-state index contributed by atoms with van der Waals surface area (Å²) in [6, 6.07) is 0. The third-order valence-electron chi connectivity index (χ3n) is 0. The number of hydrogen-bond acceptors (Lipinski definition) is 4. The van der Waals surface area contributed by atoms with Gasteiger partial charge in [0.2, 0.25) is 0 Å². The normalized spacial score (nSPS) is 3.00. The predicted octanol–water partition coefficient (Wildman–Crippen LogP) is -0.225. The van der Waals surface area contributed by atoms with Crippen LogP contribution < -0.4 is 0 Å². The molecule has 0 aliphatic heterocycles. The maximum atomic E-state index is 7.88. The Morgan fingerprint density at radius 2 is 0.833 bits per heavy atom. The summed E-state index contributed by atoms with van der Waals surface area (Å²) in [5, 5.41) is 12.0. The topological polar surface area (TPSA) is 74.6 Å². The van der Waals surface area contributed by atoms with E-state index in [0.717, 1.165) is 0 Å². The standard InChI is InChI=1S/2Ni.H2O2.2O/c;;1-2;;/h;;1-2H;;. The summed E-state index contributed by atoms with van der Waals surface area (Å²) < 4.78 is 15.8. The van der Waals surface area contributed by atoms with Crippen molar-refractivity contribution < 1.29 is 49.1 Å². The van der Waals surface area contributed by atoms with Crippen molar-refractivity contribution in [3.8, 4) is 0 Å². The van der Waals surface area contributed by atoms with Gasteiger partial charge in [-0.2, -0.15) is 0 Å². The molecule has 0 spiro atoms. The van der Waals surface area contributed by atoms with Gasteiger partial charge < -0.3 is 0 Å². The molecule has 6 heteroatoms. The van der Waals surface area contributed by atoms with Crippen molar-refractivity contribution in [1.82, 2.24) is 0 Å². The SMILES string of the molecule is OO.[O]=[Ni].[O]=[Ni]. The van der Waals surface area contributed by atoms with E-state index >= 15 is 0 Å². The molecule has 0 aromatic carbocycles. The second kappa shape index (κ2) is 435. The van der Waals surface area contributed by atoms with Crippen LogP contribution in [0, 0.1) is 0 Å². The Bertz CT molecular complexity index is 7.51. The molecule has 4 nitrogen and oxygen atoms in total. The summed E-state index contributed by atoms with van der Waals surface area (Å²) in [6.45, 7) is 0. The molecule has 0 aromatic rings. The van der Waals surface area contributed by atoms with Gasteiger partial charge in [-0.1, -0.05) is 0 Å². The maximum absolute atomic E-state index is 7.88. The number of rotatable bonds is 0. The van der Waals surface area contributed by atoms with Crippen LogP contribution in [0.3, 0.4) is 0 Å². The van der Waals surface area contributed by atoms with Gasteiger partial charge in [-0.25, -0.2) is 0 Å². The second-order valence-electron chi connectivity index (χ2n) is 0. The average molecular weight is 183 g/mol. The van der Waals surface area contributed by atoms with Crippen molar-refractivity contribution in [2.75, 3.05) is 0 Å². The van der Waals surface area contributed by atoms with Gasteiger partial charge in [0, 0.05) is 0 Å². The van der Waals surface area contributed by atoms with Gasteiger partial charge in [-0.3, -0.25) is 10.5 Å². The molecule has 46 valence electrons. The quantitative estimate of drug-likeness (QED) is 0.309. The van der Waals surface area contributed by atoms with Crippen LogP contribution in [0.25, 0.3) is 0 Å². The molecule has 2 N–H and O–H groups in total. The molecule has 0 rings (SSSR count). The van der Waals surface area contributed by atoms with Gasteiger partial charge in [0.15, 0.2) is 0 Å². The van der Waals surface area contributed by atoms with Crippen LogP contribution in [-0.2, 0) is 38.6 Å². The molecule has 0 unspecified atom stereocenters. The minimum absolute atomic E-state index is 2.62. The zero-order chi connectivity index (χ0) is 6.00. The first kappa shape index (κ1) is 16.0. The van der Waals surface area contributed by atoms with Gasteiger partial charge in [0.25, 0.3) is 0 Å². The van der Waals surface area contributed by atoms with Crippen LogP contribution in [0.5, 0.6) is 0 Å². The Morgan fingerprint density at radius 1 is 0.833 bits per heavy atom. The Hall–Kier alpha value is 0.507. The summed E-state index contributed by atoms with van der Waals surface area (Å²) in [4.78, 5) is 0. The predicted molar refractivity (Wildman–Crippen MR) is 6.63 cm³/mol. The molecule has 0 saturated carbocycles. The molecule has 0 aliphatic carbocycles. The van der Waals surface area contributed by atoms with E-state index in [4.69, 9.17) is 18.3 Å². The van der Waals surface area contributed by atoms with Crippen molar-refractivity contribution in [3.05, 3.63) is 0 Å². The third-order valence-corrected chi connectivity index (χ3v) is 0. The molecule has 0 bridgehead atoms. The fraction of sp³-hybridized carbons (Fsp3) is 0. The molecule has 0 aliphatic rings. The molecule has 0 aromatic heterocycles. The van der Waals surface area contributed by atoms with Crippen LogP contribution in [0.1, 0.15) is 0 Å². The molecule has 0 heterocycles. The summed E-state index contributed by atoms with van der Waals surface area (Å²) in [5.41, 5.74) is 0. The van der Waals surface area contributed by atoms with E-state index in [2.05, 4.69) is 30.8 Å². The van der Waals surface area contributed by atoms with E-state index in [1.165, 1.54) is 0 Å². The van der Waals surface area contributed by atoms with E-state index in [1.54, 1.807) is 0 Å². The van der Waals surface area contributed by atoms with E-state index in [9.17, 15) is 0 Å². The van der Waals surface area contributed by atoms with E-state index in [1.807, 2.05) is 0 Å². The molecule has 6 heavy (non-hydrogen) atoms. The zero-order valence-corrected chi connectivity index (χ0v) is 4.32. The number of hydrogen-bond donors (Lipinski definition) is 2. The molecule has 0 amide bonds. The molecule has 0 saturated heterocycles. The molecular weight excluding hydrogens is 181 g/mol. The Labute approximate surface area is 49.6 Å². The fourth-order valence-corrected chi connectivity index (χ4v) is 0. The van der Waals surface area contributed by atoms with Gasteiger partial charge in [0.05, 0.1) is 0 Å². The van der Waals surface area contributed by atoms with Crippen LogP contribution >= 0.6 is 0 Å². The summed E-state index contributed by atoms with van der Waals surface area (Å²) >= 11 is 5.25. The van der Waals surface area contributed by atoms with E-state index in [0.29, 0.717) is 0 Å². The van der Waals surface area contributed by atoms with Crippen LogP contribution in [0.2, 0.25) is 0 Å². The minimum atomic E-state index is 2.62. The first-order valence-corrected chi connectivity index (χ1v) is 1.26. The van der Waals surface area contributed by atoms with Crippen molar-refractivity contribution in [1.29, 1.82) is 0 Å². The summed E-state index contributed by atoms with van der Waals surface area (Å²) in [6.07, 6.45) is 0. The second-order valence-corrected chi connectivity index (χ2v) is 0. The van der Waals surface area contributed by atoms with E-state index < -0.39 is 0 Å². The zero-order valence-electron chi connectivity index (χ0n) is 2.34. The third kappa shape index (κ3) is 216. The van der Waals surface area contributed by atoms with Crippen molar-refractivity contribution >= 4 is 0 Å². The summed E-state index contributed by atoms with van der Waals surface area (Å²) in [7, 11) is 0. The fourth-order valence-electron chi connectivity index (χ4n) is 0. The van der Waals surface area contributed by atoms with E-state index in [-0.39, 0.29) is 0 Å². The van der Waals surface area contributed by atoms with Gasteiger partial charge in [-0.05, 0) is 0 Å². The van der Waals surface area contributed by atoms with Crippen LogP contribution in [-0.4, -0.2) is 10.5 Å². The van der Waals surface area contributed by atoms with Crippen molar-refractivity contribution in [2.45, 2.75) is 0 Å². The first-order chi connectivity index (χ1) is 3.00. The van der Waals surface area contributed by atoms with Crippen LogP contribution in [0.4, 0.5) is 0 Å². The molecule has 0 radical (unpaired) electrons. The summed E-state index contributed by atoms with van der Waals surface area (Å²) in [5.74, 6) is 0. The monoisotopic (exact) mass is 182 g/mol. The Morgan fingerprint density at radius 3 is 0.833 bits per heavy atom. The van der Waals surface area contributed by atoms with Crippen molar-refractivity contribution in [2.24, 2.45) is 0 Å². The molecule has 0 atom stereocenters. The van der Waals surface area contributed by atoms with Crippen molar-refractivity contribution in [3.63, 3.8) is 0 Å². The molecular formula is H2Ni2O4.